The molecule has 0 saturated heterocycles. The molecule has 0 aliphatic rings. The van der Waals surface area contributed by atoms with Crippen molar-refractivity contribution in [2.24, 2.45) is 0 Å². The maximum atomic E-state index is 11.9. The molecule has 0 aliphatic heterocycles. The molecule has 7 nitrogen and oxygen atoms in total. The number of aromatic nitrogens is 5. The van der Waals surface area contributed by atoms with Gasteiger partial charge in [-0.1, -0.05) is 0 Å². The lowest BCUT2D eigenvalue weighted by atomic mass is 10.2. The van der Waals surface area contributed by atoms with Gasteiger partial charge in [0.05, 0.1) is 10.7 Å². The molecule has 2 aromatic heterocycles. The second-order valence-corrected chi connectivity index (χ2v) is 5.07. The van der Waals surface area contributed by atoms with Crippen molar-refractivity contribution in [2.45, 2.75) is 6.92 Å². The van der Waals surface area contributed by atoms with Gasteiger partial charge in [0.25, 0.3) is 5.91 Å². The van der Waals surface area contributed by atoms with E-state index in [1.54, 1.807) is 17.5 Å². The van der Waals surface area contributed by atoms with Gasteiger partial charge in [-0.2, -0.15) is 0 Å². The number of nitrogens with one attached hydrogen (secondary N) is 1. The summed E-state index contributed by atoms with van der Waals surface area (Å²) in [5.74, 6) is -0.218. The SMILES string of the molecule is Cc1nc(C(=O)Nc2ccc(-n3cnnn3)cc2)cs1. The Morgan fingerprint density at radius 2 is 2.10 bits per heavy atom. The molecule has 0 spiro atoms. The molecule has 0 fully saturated rings. The third-order valence-electron chi connectivity index (χ3n) is 2.59. The highest BCUT2D eigenvalue weighted by Gasteiger charge is 2.09. The number of amides is 1. The van der Waals surface area contributed by atoms with Crippen LogP contribution in [0, 0.1) is 6.92 Å². The normalized spacial score (nSPS) is 10.4. The minimum atomic E-state index is -0.218. The minimum Gasteiger partial charge on any atom is -0.321 e. The van der Waals surface area contributed by atoms with Gasteiger partial charge in [-0.25, -0.2) is 9.67 Å². The number of hydrogen-bond acceptors (Lipinski definition) is 6. The molecule has 20 heavy (non-hydrogen) atoms. The summed E-state index contributed by atoms with van der Waals surface area (Å²) >= 11 is 1.45. The van der Waals surface area contributed by atoms with Gasteiger partial charge in [0.2, 0.25) is 0 Å². The quantitative estimate of drug-likeness (QED) is 0.791. The van der Waals surface area contributed by atoms with Crippen molar-refractivity contribution in [1.29, 1.82) is 0 Å². The summed E-state index contributed by atoms with van der Waals surface area (Å²) in [4.78, 5) is 16.1. The highest BCUT2D eigenvalue weighted by atomic mass is 32.1. The molecule has 1 amide bonds. The van der Waals surface area contributed by atoms with E-state index in [1.807, 2.05) is 19.1 Å². The number of rotatable bonds is 3. The van der Waals surface area contributed by atoms with Crippen molar-refractivity contribution in [3.05, 3.63) is 46.7 Å². The van der Waals surface area contributed by atoms with Crippen molar-refractivity contribution in [2.75, 3.05) is 5.32 Å². The third-order valence-corrected chi connectivity index (χ3v) is 3.36. The zero-order valence-electron chi connectivity index (χ0n) is 10.5. The Hall–Kier alpha value is -2.61. The second-order valence-electron chi connectivity index (χ2n) is 4.01. The fourth-order valence-corrected chi connectivity index (χ4v) is 2.23. The summed E-state index contributed by atoms with van der Waals surface area (Å²) in [6.07, 6.45) is 1.51. The first-order chi connectivity index (χ1) is 9.72. The maximum Gasteiger partial charge on any atom is 0.275 e. The van der Waals surface area contributed by atoms with E-state index in [2.05, 4.69) is 25.8 Å². The van der Waals surface area contributed by atoms with Crippen molar-refractivity contribution >= 4 is 22.9 Å². The molecular formula is C12H10N6OS. The molecule has 1 aromatic carbocycles. The Morgan fingerprint density at radius 3 is 2.70 bits per heavy atom. The molecule has 0 bridgehead atoms. The first kappa shape index (κ1) is 12.4. The molecule has 0 aliphatic carbocycles. The van der Waals surface area contributed by atoms with Crippen LogP contribution >= 0.6 is 11.3 Å². The van der Waals surface area contributed by atoms with Gasteiger partial charge in [0.1, 0.15) is 12.0 Å². The molecule has 8 heteroatoms. The Labute approximate surface area is 118 Å². The lowest BCUT2D eigenvalue weighted by Crippen LogP contribution is -2.12. The first-order valence-electron chi connectivity index (χ1n) is 5.79. The summed E-state index contributed by atoms with van der Waals surface area (Å²) < 4.78 is 1.54. The van der Waals surface area contributed by atoms with Crippen LogP contribution in [0.2, 0.25) is 0 Å². The molecule has 2 heterocycles. The molecule has 100 valence electrons. The van der Waals surface area contributed by atoms with Gasteiger partial charge < -0.3 is 5.32 Å². The van der Waals surface area contributed by atoms with E-state index in [9.17, 15) is 4.79 Å². The van der Waals surface area contributed by atoms with Crippen molar-refractivity contribution in [1.82, 2.24) is 25.2 Å². The van der Waals surface area contributed by atoms with Crippen LogP contribution in [-0.4, -0.2) is 31.1 Å². The molecular weight excluding hydrogens is 276 g/mol. The van der Waals surface area contributed by atoms with Gasteiger partial charge in [-0.05, 0) is 41.6 Å². The molecule has 3 aromatic rings. The maximum absolute atomic E-state index is 11.9. The van der Waals surface area contributed by atoms with Crippen LogP contribution < -0.4 is 5.32 Å². The molecule has 0 radical (unpaired) electrons. The smallest absolute Gasteiger partial charge is 0.275 e. The largest absolute Gasteiger partial charge is 0.321 e. The van der Waals surface area contributed by atoms with E-state index in [-0.39, 0.29) is 5.91 Å². The Balaban J connectivity index is 1.74. The fraction of sp³-hybridized carbons (Fsp3) is 0.0833. The third kappa shape index (κ3) is 2.54. The van der Waals surface area contributed by atoms with Crippen molar-refractivity contribution in [3.8, 4) is 5.69 Å². The minimum absolute atomic E-state index is 0.218. The van der Waals surface area contributed by atoms with Crippen molar-refractivity contribution in [3.63, 3.8) is 0 Å². The van der Waals surface area contributed by atoms with E-state index in [0.29, 0.717) is 11.4 Å². The molecule has 3 rings (SSSR count). The number of anilines is 1. The average Bonchev–Trinajstić information content (AvgIpc) is 3.10. The van der Waals surface area contributed by atoms with Gasteiger partial charge >= 0.3 is 0 Å². The number of nitrogens with zero attached hydrogens (tertiary/aromatic N) is 5. The van der Waals surface area contributed by atoms with Crippen molar-refractivity contribution < 1.29 is 4.79 Å². The van der Waals surface area contributed by atoms with E-state index < -0.39 is 0 Å². The zero-order chi connectivity index (χ0) is 13.9. The predicted molar refractivity (Wildman–Crippen MR) is 74.0 cm³/mol. The molecule has 0 unspecified atom stereocenters. The predicted octanol–water partition coefficient (Wildman–Crippen LogP) is 1.68. The van der Waals surface area contributed by atoms with Crippen LogP contribution in [0.15, 0.2) is 36.0 Å². The Bertz CT molecular complexity index is 719. The van der Waals surface area contributed by atoms with Gasteiger partial charge in [-0.15, -0.1) is 16.4 Å². The van der Waals surface area contributed by atoms with Crippen LogP contribution in [0.4, 0.5) is 5.69 Å². The van der Waals surface area contributed by atoms with Crippen LogP contribution in [0.25, 0.3) is 5.69 Å². The fourth-order valence-electron chi connectivity index (χ4n) is 1.64. The number of hydrogen-bond donors (Lipinski definition) is 1. The summed E-state index contributed by atoms with van der Waals surface area (Å²) in [6.45, 7) is 1.86. The van der Waals surface area contributed by atoms with Crippen LogP contribution in [0.1, 0.15) is 15.5 Å². The zero-order valence-corrected chi connectivity index (χ0v) is 11.3. The Kier molecular flexibility index (Phi) is 3.21. The molecule has 0 saturated carbocycles. The monoisotopic (exact) mass is 286 g/mol. The van der Waals surface area contributed by atoms with E-state index in [4.69, 9.17) is 0 Å². The topological polar surface area (TPSA) is 85.6 Å². The van der Waals surface area contributed by atoms with Crippen LogP contribution in [0.3, 0.4) is 0 Å². The van der Waals surface area contributed by atoms with Crippen LogP contribution in [0.5, 0.6) is 0 Å². The lowest BCUT2D eigenvalue weighted by molar-refractivity contribution is 0.102. The van der Waals surface area contributed by atoms with Gasteiger partial charge in [0, 0.05) is 11.1 Å². The average molecular weight is 286 g/mol. The van der Waals surface area contributed by atoms with E-state index in [0.717, 1.165) is 10.7 Å². The summed E-state index contributed by atoms with van der Waals surface area (Å²) in [7, 11) is 0. The van der Waals surface area contributed by atoms with Gasteiger partial charge in [-0.3, -0.25) is 4.79 Å². The summed E-state index contributed by atoms with van der Waals surface area (Å²) in [6, 6.07) is 7.21. The van der Waals surface area contributed by atoms with E-state index >= 15 is 0 Å². The molecule has 0 atom stereocenters. The number of carbonyl (C=O) groups is 1. The number of thiazole rings is 1. The summed E-state index contributed by atoms with van der Waals surface area (Å²) in [5, 5.41) is 16.3. The number of carbonyl (C=O) groups excluding carboxylic acids is 1. The van der Waals surface area contributed by atoms with E-state index in [1.165, 1.54) is 22.3 Å². The summed E-state index contributed by atoms with van der Waals surface area (Å²) in [5.41, 5.74) is 1.94. The Morgan fingerprint density at radius 1 is 1.30 bits per heavy atom. The lowest BCUT2D eigenvalue weighted by Gasteiger charge is -2.04. The first-order valence-corrected chi connectivity index (χ1v) is 6.67. The number of tetrazole rings is 1. The number of aryl methyl sites for hydroxylation is 1. The molecule has 1 N–H and O–H groups in total. The second kappa shape index (κ2) is 5.17. The number of benzene rings is 1. The van der Waals surface area contributed by atoms with Gasteiger partial charge in [0.15, 0.2) is 0 Å². The highest BCUT2D eigenvalue weighted by Crippen LogP contribution is 2.14. The standard InChI is InChI=1S/C12H10N6OS/c1-8-14-11(6-20-8)12(19)15-9-2-4-10(5-3-9)18-7-13-16-17-18/h2-7H,1H3,(H,15,19). The van der Waals surface area contributed by atoms with Crippen LogP contribution in [-0.2, 0) is 0 Å². The highest BCUT2D eigenvalue weighted by molar-refractivity contribution is 7.09.